The van der Waals surface area contributed by atoms with Gasteiger partial charge >= 0.3 is 6.18 Å². The highest BCUT2D eigenvalue weighted by molar-refractivity contribution is 14.1. The maximum atomic E-state index is 12.1. The second kappa shape index (κ2) is 8.28. The summed E-state index contributed by atoms with van der Waals surface area (Å²) in [5.74, 6) is -0.511. The molecule has 130 valence electrons. The fourth-order valence-corrected chi connectivity index (χ4v) is 3.64. The van der Waals surface area contributed by atoms with E-state index >= 15 is 0 Å². The summed E-state index contributed by atoms with van der Waals surface area (Å²) in [5.41, 5.74) is 2.05. The Morgan fingerprint density at radius 3 is 2.58 bits per heavy atom. The summed E-state index contributed by atoms with van der Waals surface area (Å²) in [4.78, 5) is 16.4. The predicted molar refractivity (Wildman–Crippen MR) is 97.7 cm³/mol. The molecule has 0 saturated heterocycles. The minimum atomic E-state index is -4.27. The molecule has 0 spiro atoms. The summed E-state index contributed by atoms with van der Waals surface area (Å²) in [6.07, 6.45) is -4.40. The van der Waals surface area contributed by atoms with Crippen molar-refractivity contribution in [3.8, 4) is 11.3 Å². The first kappa shape index (κ1) is 19.2. The van der Waals surface area contributed by atoms with Crippen molar-refractivity contribution in [2.24, 2.45) is 0 Å². The molecule has 0 aliphatic carbocycles. The van der Waals surface area contributed by atoms with Crippen LogP contribution in [0.15, 0.2) is 29.6 Å². The van der Waals surface area contributed by atoms with Crippen LogP contribution in [0.2, 0.25) is 0 Å². The van der Waals surface area contributed by atoms with Crippen molar-refractivity contribution in [2.75, 3.05) is 6.54 Å². The van der Waals surface area contributed by atoms with Gasteiger partial charge < -0.3 is 5.32 Å². The van der Waals surface area contributed by atoms with Gasteiger partial charge in [-0.2, -0.15) is 13.2 Å². The van der Waals surface area contributed by atoms with Gasteiger partial charge in [0.1, 0.15) is 0 Å². The Kier molecular flexibility index (Phi) is 6.62. The van der Waals surface area contributed by atoms with Gasteiger partial charge in [0.15, 0.2) is 0 Å². The summed E-state index contributed by atoms with van der Waals surface area (Å²) < 4.78 is 36.7. The van der Waals surface area contributed by atoms with Crippen LogP contribution in [0.25, 0.3) is 11.3 Å². The molecule has 0 saturated carbocycles. The molecule has 1 aromatic carbocycles. The molecule has 0 fully saturated rings. The Balaban J connectivity index is 1.97. The van der Waals surface area contributed by atoms with E-state index in [1.165, 1.54) is 0 Å². The van der Waals surface area contributed by atoms with Crippen LogP contribution in [0.3, 0.4) is 0 Å². The molecule has 1 aromatic heterocycles. The molecule has 1 amide bonds. The molecule has 1 unspecified atom stereocenters. The average molecular weight is 468 g/mol. The van der Waals surface area contributed by atoms with E-state index in [0.717, 1.165) is 22.7 Å². The summed E-state index contributed by atoms with van der Waals surface area (Å²) in [6.45, 7) is 1.70. The standard InChI is InChI=1S/C16H16F3IN2OS/c1-10(20)8-14-22-13(9-24-14)11-2-4-12(5-3-11)15(23)21-7-6-16(17,18)19/h2-5,9-10H,6-8H2,1H3,(H,21,23). The van der Waals surface area contributed by atoms with E-state index in [1.807, 2.05) is 5.38 Å². The number of aromatic nitrogens is 1. The average Bonchev–Trinajstić information content (AvgIpc) is 2.93. The lowest BCUT2D eigenvalue weighted by molar-refractivity contribution is -0.132. The zero-order valence-electron chi connectivity index (χ0n) is 12.9. The number of rotatable bonds is 6. The molecule has 0 aliphatic heterocycles. The maximum absolute atomic E-state index is 12.1. The smallest absolute Gasteiger partial charge is 0.352 e. The Morgan fingerprint density at radius 2 is 2.00 bits per heavy atom. The molecule has 3 nitrogen and oxygen atoms in total. The van der Waals surface area contributed by atoms with E-state index in [4.69, 9.17) is 0 Å². The molecule has 8 heteroatoms. The molecule has 0 radical (unpaired) electrons. The van der Waals surface area contributed by atoms with Crippen LogP contribution in [-0.4, -0.2) is 27.5 Å². The third kappa shape index (κ3) is 6.04. The van der Waals surface area contributed by atoms with Crippen molar-refractivity contribution in [3.63, 3.8) is 0 Å². The summed E-state index contributed by atoms with van der Waals surface area (Å²) in [6, 6.07) is 6.70. The van der Waals surface area contributed by atoms with Crippen LogP contribution in [-0.2, 0) is 6.42 Å². The molecule has 0 aliphatic rings. The second-order valence-electron chi connectivity index (χ2n) is 5.31. The SMILES string of the molecule is CC(I)Cc1nc(-c2ccc(C(=O)NCCC(F)(F)F)cc2)cs1. The maximum Gasteiger partial charge on any atom is 0.390 e. The largest absolute Gasteiger partial charge is 0.390 e. The fourth-order valence-electron chi connectivity index (χ4n) is 1.99. The van der Waals surface area contributed by atoms with E-state index in [-0.39, 0.29) is 0 Å². The number of hydrogen-bond acceptors (Lipinski definition) is 3. The number of carbonyl (C=O) groups excluding carboxylic acids is 1. The molecule has 2 aromatic rings. The lowest BCUT2D eigenvalue weighted by Crippen LogP contribution is -2.27. The van der Waals surface area contributed by atoms with Gasteiger partial charge in [-0.1, -0.05) is 41.6 Å². The van der Waals surface area contributed by atoms with E-state index in [0.29, 0.717) is 9.49 Å². The summed E-state index contributed by atoms with van der Waals surface area (Å²) in [5, 5.41) is 5.29. The Morgan fingerprint density at radius 1 is 1.33 bits per heavy atom. The topological polar surface area (TPSA) is 42.0 Å². The fraction of sp³-hybridized carbons (Fsp3) is 0.375. The molecule has 1 heterocycles. The number of carbonyl (C=O) groups is 1. The first-order chi connectivity index (χ1) is 11.2. The van der Waals surface area contributed by atoms with Gasteiger partial charge in [0, 0.05) is 33.4 Å². The highest BCUT2D eigenvalue weighted by atomic mass is 127. The first-order valence-electron chi connectivity index (χ1n) is 7.28. The van der Waals surface area contributed by atoms with Gasteiger partial charge in [-0.3, -0.25) is 4.79 Å². The molecule has 0 bridgehead atoms. The van der Waals surface area contributed by atoms with Crippen molar-refractivity contribution >= 4 is 39.8 Å². The molecule has 2 rings (SSSR count). The van der Waals surface area contributed by atoms with Gasteiger partial charge in [0.2, 0.25) is 0 Å². The summed E-state index contributed by atoms with van der Waals surface area (Å²) >= 11 is 3.94. The van der Waals surface area contributed by atoms with Crippen molar-refractivity contribution in [1.29, 1.82) is 0 Å². The quantitative estimate of drug-likeness (QED) is 0.486. The Labute approximate surface area is 155 Å². The van der Waals surface area contributed by atoms with Crippen molar-refractivity contribution in [2.45, 2.75) is 29.9 Å². The first-order valence-corrected chi connectivity index (χ1v) is 9.41. The number of halogens is 4. The third-order valence-electron chi connectivity index (χ3n) is 3.14. The second-order valence-corrected chi connectivity index (χ2v) is 8.38. The Hall–Kier alpha value is -1.16. The van der Waals surface area contributed by atoms with Crippen LogP contribution >= 0.6 is 33.9 Å². The molecular weight excluding hydrogens is 452 g/mol. The highest BCUT2D eigenvalue weighted by Crippen LogP contribution is 2.24. The van der Waals surface area contributed by atoms with Gasteiger partial charge in [0.05, 0.1) is 17.1 Å². The van der Waals surface area contributed by atoms with E-state index in [1.54, 1.807) is 35.6 Å². The third-order valence-corrected chi connectivity index (χ3v) is 4.46. The summed E-state index contributed by atoms with van der Waals surface area (Å²) in [7, 11) is 0. The number of thiazole rings is 1. The molecule has 24 heavy (non-hydrogen) atoms. The van der Waals surface area contributed by atoms with Gasteiger partial charge in [0.25, 0.3) is 5.91 Å². The van der Waals surface area contributed by atoms with Gasteiger partial charge in [-0.15, -0.1) is 11.3 Å². The number of nitrogens with zero attached hydrogens (tertiary/aromatic N) is 1. The minimum Gasteiger partial charge on any atom is -0.352 e. The number of amides is 1. The van der Waals surface area contributed by atoms with E-state index in [9.17, 15) is 18.0 Å². The Bertz CT molecular complexity index is 683. The lowest BCUT2D eigenvalue weighted by Gasteiger charge is -2.08. The van der Waals surface area contributed by atoms with Crippen LogP contribution in [0.5, 0.6) is 0 Å². The van der Waals surface area contributed by atoms with E-state index < -0.39 is 25.0 Å². The predicted octanol–water partition coefficient (Wildman–Crippen LogP) is 4.86. The van der Waals surface area contributed by atoms with Gasteiger partial charge in [-0.25, -0.2) is 4.98 Å². The van der Waals surface area contributed by atoms with Crippen molar-refractivity contribution in [3.05, 3.63) is 40.2 Å². The normalized spacial score (nSPS) is 12.9. The monoisotopic (exact) mass is 468 g/mol. The van der Waals surface area contributed by atoms with Gasteiger partial charge in [-0.05, 0) is 12.1 Å². The molecular formula is C16H16F3IN2OS. The van der Waals surface area contributed by atoms with E-state index in [2.05, 4.69) is 39.8 Å². The van der Waals surface area contributed by atoms with Crippen molar-refractivity contribution in [1.82, 2.24) is 10.3 Å². The van der Waals surface area contributed by atoms with Crippen LogP contribution in [0.4, 0.5) is 13.2 Å². The molecule has 1 atom stereocenters. The van der Waals surface area contributed by atoms with Crippen LogP contribution in [0, 0.1) is 0 Å². The molecule has 1 N–H and O–H groups in total. The van der Waals surface area contributed by atoms with Crippen LogP contribution in [0.1, 0.15) is 28.7 Å². The number of nitrogens with one attached hydrogen (secondary N) is 1. The number of benzene rings is 1. The zero-order valence-corrected chi connectivity index (χ0v) is 15.8. The highest BCUT2D eigenvalue weighted by Gasteiger charge is 2.26. The van der Waals surface area contributed by atoms with Crippen LogP contribution < -0.4 is 5.32 Å². The minimum absolute atomic E-state index is 0.331. The lowest BCUT2D eigenvalue weighted by atomic mass is 10.1. The number of alkyl halides is 4. The number of hydrogen-bond donors (Lipinski definition) is 1. The zero-order chi connectivity index (χ0) is 17.7. The van der Waals surface area contributed by atoms with Crippen molar-refractivity contribution < 1.29 is 18.0 Å².